The Morgan fingerprint density at radius 1 is 1.14 bits per heavy atom. The number of carbonyl (C=O) groups is 2. The van der Waals surface area contributed by atoms with Gasteiger partial charge in [-0.25, -0.2) is 8.42 Å². The van der Waals surface area contributed by atoms with Crippen molar-refractivity contribution in [1.29, 1.82) is 0 Å². The number of aryl methyl sites for hydroxylation is 2. The smallest absolute Gasteiger partial charge is 0.324 e. The number of hydrogen-bond donors (Lipinski definition) is 1. The molecule has 0 unspecified atom stereocenters. The van der Waals surface area contributed by atoms with E-state index in [1.807, 2.05) is 19.9 Å². The number of sulfonamides is 1. The molecule has 8 nitrogen and oxygen atoms in total. The van der Waals surface area contributed by atoms with Crippen LogP contribution in [0.2, 0.25) is 0 Å². The van der Waals surface area contributed by atoms with Crippen LogP contribution in [0, 0.1) is 27.7 Å². The molecule has 1 heterocycles. The molecule has 1 aromatic carbocycles. The number of morpholine rings is 1. The predicted molar refractivity (Wildman–Crippen MR) is 104 cm³/mol. The van der Waals surface area contributed by atoms with Gasteiger partial charge in [0.15, 0.2) is 6.61 Å². The van der Waals surface area contributed by atoms with Crippen LogP contribution in [0.15, 0.2) is 11.0 Å². The third kappa shape index (κ3) is 5.09. The fourth-order valence-electron chi connectivity index (χ4n) is 3.09. The van der Waals surface area contributed by atoms with Crippen molar-refractivity contribution in [3.8, 4) is 0 Å². The molecular weight excluding hydrogens is 384 g/mol. The first-order valence-corrected chi connectivity index (χ1v) is 10.6. The zero-order valence-corrected chi connectivity index (χ0v) is 17.8. The third-order valence-electron chi connectivity index (χ3n) is 4.95. The molecule has 28 heavy (non-hydrogen) atoms. The number of nitrogens with one attached hydrogen (secondary N) is 1. The van der Waals surface area contributed by atoms with Gasteiger partial charge in [-0.3, -0.25) is 9.59 Å². The largest absolute Gasteiger partial charge is 0.454 e. The lowest BCUT2D eigenvalue weighted by Crippen LogP contribution is -2.44. The van der Waals surface area contributed by atoms with E-state index in [0.29, 0.717) is 37.4 Å². The Kier molecular flexibility index (Phi) is 7.19. The molecule has 1 aliphatic rings. The molecule has 1 aromatic rings. The molecule has 1 amide bonds. The van der Waals surface area contributed by atoms with E-state index in [0.717, 1.165) is 11.1 Å². The van der Waals surface area contributed by atoms with Crippen molar-refractivity contribution in [2.24, 2.45) is 0 Å². The first-order chi connectivity index (χ1) is 13.0. The zero-order chi connectivity index (χ0) is 21.1. The van der Waals surface area contributed by atoms with Gasteiger partial charge in [-0.1, -0.05) is 6.07 Å². The molecule has 2 rings (SSSR count). The summed E-state index contributed by atoms with van der Waals surface area (Å²) in [6.45, 7) is 9.92. The van der Waals surface area contributed by atoms with Gasteiger partial charge in [-0.2, -0.15) is 4.72 Å². The van der Waals surface area contributed by atoms with Crippen molar-refractivity contribution in [2.75, 3.05) is 32.9 Å². The normalized spacial score (nSPS) is 16.0. The third-order valence-corrected chi connectivity index (χ3v) is 6.77. The fraction of sp³-hybridized carbons (Fsp3) is 0.579. The van der Waals surface area contributed by atoms with Crippen LogP contribution in [0.3, 0.4) is 0 Å². The first-order valence-electron chi connectivity index (χ1n) is 9.16. The van der Waals surface area contributed by atoms with Crippen molar-refractivity contribution in [3.05, 3.63) is 28.3 Å². The second kappa shape index (κ2) is 9.02. The zero-order valence-electron chi connectivity index (χ0n) is 17.0. The Morgan fingerprint density at radius 2 is 1.68 bits per heavy atom. The number of amides is 1. The second-order valence-corrected chi connectivity index (χ2v) is 8.68. The Balaban J connectivity index is 2.04. The average Bonchev–Trinajstić information content (AvgIpc) is 2.64. The van der Waals surface area contributed by atoms with Gasteiger partial charge < -0.3 is 14.4 Å². The maximum atomic E-state index is 12.9. The van der Waals surface area contributed by atoms with Gasteiger partial charge in [-0.15, -0.1) is 0 Å². The van der Waals surface area contributed by atoms with Crippen LogP contribution in [0.25, 0.3) is 0 Å². The Labute approximate surface area is 166 Å². The van der Waals surface area contributed by atoms with E-state index < -0.39 is 28.6 Å². The van der Waals surface area contributed by atoms with E-state index >= 15 is 0 Å². The van der Waals surface area contributed by atoms with Crippen molar-refractivity contribution >= 4 is 21.9 Å². The summed E-state index contributed by atoms with van der Waals surface area (Å²) < 4.78 is 38.3. The summed E-state index contributed by atoms with van der Waals surface area (Å²) in [4.78, 5) is 26.0. The molecule has 1 atom stereocenters. The fourth-order valence-corrected chi connectivity index (χ4v) is 4.89. The maximum Gasteiger partial charge on any atom is 0.324 e. The number of rotatable bonds is 6. The van der Waals surface area contributed by atoms with Crippen LogP contribution >= 0.6 is 0 Å². The molecule has 0 radical (unpaired) electrons. The quantitative estimate of drug-likeness (QED) is 0.699. The van der Waals surface area contributed by atoms with Gasteiger partial charge in [0.2, 0.25) is 10.0 Å². The van der Waals surface area contributed by atoms with Gasteiger partial charge in [-0.05, 0) is 56.9 Å². The Morgan fingerprint density at radius 3 is 2.21 bits per heavy atom. The van der Waals surface area contributed by atoms with E-state index in [1.54, 1.807) is 18.7 Å². The summed E-state index contributed by atoms with van der Waals surface area (Å²) in [7, 11) is -3.93. The van der Waals surface area contributed by atoms with Crippen LogP contribution in [0.1, 0.15) is 29.2 Å². The molecule has 1 saturated heterocycles. The van der Waals surface area contributed by atoms with Crippen molar-refractivity contribution in [1.82, 2.24) is 9.62 Å². The van der Waals surface area contributed by atoms with Crippen LogP contribution in [0.5, 0.6) is 0 Å². The summed E-state index contributed by atoms with van der Waals surface area (Å²) in [6, 6.07) is 0.806. The molecule has 0 aromatic heterocycles. The highest BCUT2D eigenvalue weighted by molar-refractivity contribution is 7.89. The number of hydrogen-bond acceptors (Lipinski definition) is 6. The summed E-state index contributed by atoms with van der Waals surface area (Å²) in [6.07, 6.45) is 0. The topological polar surface area (TPSA) is 102 Å². The van der Waals surface area contributed by atoms with E-state index in [4.69, 9.17) is 9.47 Å². The highest BCUT2D eigenvalue weighted by Gasteiger charge is 2.28. The molecule has 0 spiro atoms. The number of nitrogens with zero attached hydrogens (tertiary/aromatic N) is 1. The monoisotopic (exact) mass is 412 g/mol. The predicted octanol–water partition coefficient (Wildman–Crippen LogP) is 0.989. The van der Waals surface area contributed by atoms with Crippen LogP contribution < -0.4 is 4.72 Å². The molecule has 0 aliphatic carbocycles. The van der Waals surface area contributed by atoms with E-state index in [1.165, 1.54) is 6.92 Å². The molecule has 0 saturated carbocycles. The summed E-state index contributed by atoms with van der Waals surface area (Å²) in [5.41, 5.74) is 2.99. The maximum absolute atomic E-state index is 12.9. The molecular formula is C19H28N2O6S. The van der Waals surface area contributed by atoms with Crippen LogP contribution in [0.4, 0.5) is 0 Å². The molecule has 1 aliphatic heterocycles. The first kappa shape index (κ1) is 22.3. The SMILES string of the molecule is Cc1cc(C)c(C)c(S(=O)(=O)N[C@@H](C)C(=O)OCC(=O)N2CCOCC2)c1C. The van der Waals surface area contributed by atoms with E-state index in [9.17, 15) is 18.0 Å². The van der Waals surface area contributed by atoms with Crippen LogP contribution in [-0.2, 0) is 29.1 Å². The summed E-state index contributed by atoms with van der Waals surface area (Å²) in [5, 5.41) is 0. The molecule has 9 heteroatoms. The number of benzene rings is 1. The van der Waals surface area contributed by atoms with Gasteiger partial charge in [0.05, 0.1) is 18.1 Å². The minimum Gasteiger partial charge on any atom is -0.454 e. The molecule has 1 N–H and O–H groups in total. The standard InChI is InChI=1S/C19H28N2O6S/c1-12-10-13(2)15(4)18(14(12)3)28(24,25)20-16(5)19(23)27-11-17(22)21-6-8-26-9-7-21/h10,16,20H,6-9,11H2,1-5H3/t16-/m0/s1. The molecule has 0 bridgehead atoms. The summed E-state index contributed by atoms with van der Waals surface area (Å²) >= 11 is 0. The lowest BCUT2D eigenvalue weighted by molar-refractivity contribution is -0.154. The van der Waals surface area contributed by atoms with E-state index in [-0.39, 0.29) is 10.8 Å². The highest BCUT2D eigenvalue weighted by atomic mass is 32.2. The molecule has 156 valence electrons. The average molecular weight is 413 g/mol. The number of ether oxygens (including phenoxy) is 2. The van der Waals surface area contributed by atoms with Crippen molar-refractivity contribution < 1.29 is 27.5 Å². The Hall–Kier alpha value is -1.97. The van der Waals surface area contributed by atoms with Gasteiger partial charge in [0, 0.05) is 13.1 Å². The Bertz CT molecular complexity index is 833. The summed E-state index contributed by atoms with van der Waals surface area (Å²) in [5.74, 6) is -1.13. The van der Waals surface area contributed by atoms with Crippen molar-refractivity contribution in [2.45, 2.75) is 45.6 Å². The minimum absolute atomic E-state index is 0.175. The number of esters is 1. The lowest BCUT2D eigenvalue weighted by atomic mass is 10.0. The van der Waals surface area contributed by atoms with Crippen molar-refractivity contribution in [3.63, 3.8) is 0 Å². The van der Waals surface area contributed by atoms with Crippen LogP contribution in [-0.4, -0.2) is 64.1 Å². The molecule has 1 fully saturated rings. The van der Waals surface area contributed by atoms with E-state index in [2.05, 4.69) is 4.72 Å². The van der Waals surface area contributed by atoms with Gasteiger partial charge in [0.25, 0.3) is 5.91 Å². The van der Waals surface area contributed by atoms with Gasteiger partial charge in [0.1, 0.15) is 6.04 Å². The lowest BCUT2D eigenvalue weighted by Gasteiger charge is -2.26. The highest BCUT2D eigenvalue weighted by Crippen LogP contribution is 2.26. The second-order valence-electron chi connectivity index (χ2n) is 7.03. The minimum atomic E-state index is -3.93. The van der Waals surface area contributed by atoms with Gasteiger partial charge >= 0.3 is 5.97 Å². The number of carbonyl (C=O) groups excluding carboxylic acids is 2.